The third-order valence-electron chi connectivity index (χ3n) is 3.13. The van der Waals surface area contributed by atoms with Crippen molar-refractivity contribution in [3.63, 3.8) is 0 Å². The number of thiazole rings is 1. The van der Waals surface area contributed by atoms with E-state index in [1.54, 1.807) is 23.5 Å². The second kappa shape index (κ2) is 5.63. The van der Waals surface area contributed by atoms with E-state index in [1.165, 1.54) is 18.4 Å². The van der Waals surface area contributed by atoms with Crippen LogP contribution in [0.5, 0.6) is 0 Å². The number of hydrogen-bond acceptors (Lipinski definition) is 5. The highest BCUT2D eigenvalue weighted by Crippen LogP contribution is 2.24. The van der Waals surface area contributed by atoms with Crippen molar-refractivity contribution in [2.75, 3.05) is 6.26 Å². The van der Waals surface area contributed by atoms with E-state index in [9.17, 15) is 13.5 Å². The quantitative estimate of drug-likeness (QED) is 0.941. The fraction of sp³-hybridized carbons (Fsp3) is 0.357. The van der Waals surface area contributed by atoms with Crippen molar-refractivity contribution in [1.29, 1.82) is 0 Å². The summed E-state index contributed by atoms with van der Waals surface area (Å²) in [6.07, 6.45) is 0.936. The van der Waals surface area contributed by atoms with Gasteiger partial charge in [-0.3, -0.25) is 0 Å². The predicted octanol–water partition coefficient (Wildman–Crippen LogP) is 2.44. The lowest BCUT2D eigenvalue weighted by atomic mass is 10.1. The van der Waals surface area contributed by atoms with Gasteiger partial charge in [-0.15, -0.1) is 11.3 Å². The summed E-state index contributed by atoms with van der Waals surface area (Å²) in [5, 5.41) is 11.1. The van der Waals surface area contributed by atoms with Gasteiger partial charge in [-0.25, -0.2) is 13.4 Å². The Labute approximate surface area is 123 Å². The van der Waals surface area contributed by atoms with Gasteiger partial charge >= 0.3 is 0 Å². The van der Waals surface area contributed by atoms with E-state index in [4.69, 9.17) is 0 Å². The molecule has 0 aliphatic rings. The fourth-order valence-corrected chi connectivity index (χ4v) is 3.45. The van der Waals surface area contributed by atoms with Gasteiger partial charge in [0, 0.05) is 17.6 Å². The lowest BCUT2D eigenvalue weighted by Gasteiger charge is -2.09. The Morgan fingerprint density at radius 2 is 1.85 bits per heavy atom. The van der Waals surface area contributed by atoms with Gasteiger partial charge in [-0.2, -0.15) is 0 Å². The number of nitrogens with zero attached hydrogens (tertiary/aromatic N) is 1. The predicted molar refractivity (Wildman–Crippen MR) is 79.8 cm³/mol. The summed E-state index contributed by atoms with van der Waals surface area (Å²) >= 11 is 1.58. The Bertz CT molecular complexity index is 683. The molecule has 0 bridgehead atoms. The Balaban J connectivity index is 2.15. The first-order chi connectivity index (χ1) is 9.27. The summed E-state index contributed by atoms with van der Waals surface area (Å²) in [6, 6.07) is 6.33. The standard InChI is InChI=1S/C14H17NO3S2/c1-9-10(2)19-14(15-9)8-13(16)11-4-6-12(7-5-11)20(3,17)18/h4-7,13,16H,8H2,1-3H3. The number of aromatic nitrogens is 1. The van der Waals surface area contributed by atoms with E-state index < -0.39 is 15.9 Å². The molecule has 0 radical (unpaired) electrons. The van der Waals surface area contributed by atoms with Crippen molar-refractivity contribution in [3.8, 4) is 0 Å². The number of hydrogen-bond donors (Lipinski definition) is 1. The maximum Gasteiger partial charge on any atom is 0.175 e. The van der Waals surface area contributed by atoms with E-state index in [1.807, 2.05) is 13.8 Å². The molecule has 1 atom stereocenters. The molecule has 0 amide bonds. The molecule has 1 aromatic carbocycles. The van der Waals surface area contributed by atoms with Crippen LogP contribution in [0.3, 0.4) is 0 Å². The van der Waals surface area contributed by atoms with Crippen LogP contribution in [0.1, 0.15) is 27.2 Å². The zero-order chi connectivity index (χ0) is 14.9. The van der Waals surface area contributed by atoms with E-state index in [2.05, 4.69) is 4.98 Å². The van der Waals surface area contributed by atoms with E-state index in [0.717, 1.165) is 15.6 Å². The van der Waals surface area contributed by atoms with Gasteiger partial charge in [0.1, 0.15) is 0 Å². The van der Waals surface area contributed by atoms with Crippen molar-refractivity contribution in [2.45, 2.75) is 31.3 Å². The van der Waals surface area contributed by atoms with Gasteiger partial charge in [0.15, 0.2) is 9.84 Å². The molecule has 0 saturated heterocycles. The molecule has 2 aromatic rings. The molecule has 20 heavy (non-hydrogen) atoms. The van der Waals surface area contributed by atoms with E-state index in [-0.39, 0.29) is 4.90 Å². The molecule has 1 unspecified atom stereocenters. The average molecular weight is 311 g/mol. The van der Waals surface area contributed by atoms with E-state index in [0.29, 0.717) is 12.0 Å². The Hall–Kier alpha value is -1.24. The third-order valence-corrected chi connectivity index (χ3v) is 5.36. The number of rotatable bonds is 4. The van der Waals surface area contributed by atoms with Crippen LogP contribution in [-0.4, -0.2) is 24.8 Å². The number of sulfone groups is 1. The summed E-state index contributed by atoms with van der Waals surface area (Å²) in [7, 11) is -3.20. The molecule has 0 aliphatic heterocycles. The fourth-order valence-electron chi connectivity index (χ4n) is 1.85. The number of aliphatic hydroxyl groups is 1. The number of aliphatic hydroxyl groups excluding tert-OH is 1. The lowest BCUT2D eigenvalue weighted by Crippen LogP contribution is -2.03. The highest BCUT2D eigenvalue weighted by molar-refractivity contribution is 7.90. The monoisotopic (exact) mass is 311 g/mol. The molecular weight excluding hydrogens is 294 g/mol. The molecular formula is C14H17NO3S2. The molecule has 1 aromatic heterocycles. The highest BCUT2D eigenvalue weighted by Gasteiger charge is 2.14. The summed E-state index contributed by atoms with van der Waals surface area (Å²) in [6.45, 7) is 3.95. The largest absolute Gasteiger partial charge is 0.388 e. The van der Waals surface area contributed by atoms with Gasteiger partial charge in [-0.05, 0) is 31.5 Å². The van der Waals surface area contributed by atoms with Crippen LogP contribution in [0, 0.1) is 13.8 Å². The van der Waals surface area contributed by atoms with Gasteiger partial charge in [0.2, 0.25) is 0 Å². The van der Waals surface area contributed by atoms with Crippen LogP contribution >= 0.6 is 11.3 Å². The Morgan fingerprint density at radius 1 is 1.25 bits per heavy atom. The smallest absolute Gasteiger partial charge is 0.175 e. The molecule has 4 nitrogen and oxygen atoms in total. The molecule has 0 spiro atoms. The average Bonchev–Trinajstić information content (AvgIpc) is 2.67. The summed E-state index contributed by atoms with van der Waals surface area (Å²) in [5.41, 5.74) is 1.69. The molecule has 1 heterocycles. The first kappa shape index (κ1) is 15.2. The third kappa shape index (κ3) is 3.45. The second-order valence-electron chi connectivity index (χ2n) is 4.81. The normalized spacial score (nSPS) is 13.4. The first-order valence-electron chi connectivity index (χ1n) is 6.18. The zero-order valence-electron chi connectivity index (χ0n) is 11.6. The summed E-state index contributed by atoms with van der Waals surface area (Å²) in [5.74, 6) is 0. The van der Waals surface area contributed by atoms with Crippen LogP contribution in [0.25, 0.3) is 0 Å². The summed E-state index contributed by atoms with van der Waals surface area (Å²) in [4.78, 5) is 5.81. The van der Waals surface area contributed by atoms with Crippen molar-refractivity contribution in [2.24, 2.45) is 0 Å². The van der Waals surface area contributed by atoms with Gasteiger partial charge in [0.25, 0.3) is 0 Å². The van der Waals surface area contributed by atoms with Crippen LogP contribution in [0.4, 0.5) is 0 Å². The van der Waals surface area contributed by atoms with Crippen molar-refractivity contribution >= 4 is 21.2 Å². The molecule has 0 saturated carbocycles. The van der Waals surface area contributed by atoms with Gasteiger partial charge < -0.3 is 5.11 Å². The Kier molecular flexibility index (Phi) is 4.27. The Morgan fingerprint density at radius 3 is 2.30 bits per heavy atom. The molecule has 0 aliphatic carbocycles. The number of aryl methyl sites for hydroxylation is 2. The molecule has 108 valence electrons. The van der Waals surface area contributed by atoms with Crippen LogP contribution in [0.15, 0.2) is 29.2 Å². The highest BCUT2D eigenvalue weighted by atomic mass is 32.2. The maximum absolute atomic E-state index is 11.4. The van der Waals surface area contributed by atoms with Gasteiger partial charge in [-0.1, -0.05) is 12.1 Å². The van der Waals surface area contributed by atoms with Crippen LogP contribution < -0.4 is 0 Å². The molecule has 6 heteroatoms. The second-order valence-corrected chi connectivity index (χ2v) is 8.11. The lowest BCUT2D eigenvalue weighted by molar-refractivity contribution is 0.178. The van der Waals surface area contributed by atoms with E-state index >= 15 is 0 Å². The van der Waals surface area contributed by atoms with Crippen molar-refractivity contribution in [1.82, 2.24) is 4.98 Å². The number of benzene rings is 1. The maximum atomic E-state index is 11.4. The zero-order valence-corrected chi connectivity index (χ0v) is 13.3. The van der Waals surface area contributed by atoms with Crippen LogP contribution in [-0.2, 0) is 16.3 Å². The first-order valence-corrected chi connectivity index (χ1v) is 8.89. The summed E-state index contributed by atoms with van der Waals surface area (Å²) < 4.78 is 22.7. The SMILES string of the molecule is Cc1nc(CC(O)c2ccc(S(C)(=O)=O)cc2)sc1C. The van der Waals surface area contributed by atoms with Crippen LogP contribution in [0.2, 0.25) is 0 Å². The minimum absolute atomic E-state index is 0.259. The van der Waals surface area contributed by atoms with Gasteiger partial charge in [0.05, 0.1) is 21.7 Å². The van der Waals surface area contributed by atoms with Crippen molar-refractivity contribution < 1.29 is 13.5 Å². The topological polar surface area (TPSA) is 67.3 Å². The molecule has 2 rings (SSSR count). The minimum atomic E-state index is -3.20. The van der Waals surface area contributed by atoms with Crippen molar-refractivity contribution in [3.05, 3.63) is 45.4 Å². The minimum Gasteiger partial charge on any atom is -0.388 e. The molecule has 0 fully saturated rings. The molecule has 1 N–H and O–H groups in total.